The molecular formula is C10H17NO6S. The molecule has 0 aromatic heterocycles. The molecule has 2 aliphatic heterocycles. The van der Waals surface area contributed by atoms with E-state index >= 15 is 0 Å². The van der Waals surface area contributed by atoms with E-state index in [1.807, 2.05) is 0 Å². The zero-order chi connectivity index (χ0) is 13.2. The van der Waals surface area contributed by atoms with E-state index in [4.69, 9.17) is 14.6 Å². The van der Waals surface area contributed by atoms with Crippen molar-refractivity contribution in [3.63, 3.8) is 0 Å². The quantitative estimate of drug-likeness (QED) is 0.730. The molecule has 0 aliphatic carbocycles. The summed E-state index contributed by atoms with van der Waals surface area (Å²) in [7, 11) is -3.47. The maximum atomic E-state index is 12.1. The van der Waals surface area contributed by atoms with Crippen LogP contribution in [-0.2, 0) is 24.3 Å². The van der Waals surface area contributed by atoms with E-state index in [-0.39, 0.29) is 31.6 Å². The summed E-state index contributed by atoms with van der Waals surface area (Å²) in [6, 6.07) is 0. The minimum atomic E-state index is -3.47. The lowest BCUT2D eigenvalue weighted by atomic mass is 10.3. The molecule has 0 aromatic rings. The zero-order valence-electron chi connectivity index (χ0n) is 9.95. The van der Waals surface area contributed by atoms with E-state index in [2.05, 4.69) is 0 Å². The number of hydrogen-bond acceptors (Lipinski definition) is 5. The van der Waals surface area contributed by atoms with Crippen LogP contribution in [0, 0.1) is 0 Å². The van der Waals surface area contributed by atoms with Crippen molar-refractivity contribution in [3.05, 3.63) is 0 Å². The molecule has 0 spiro atoms. The molecule has 2 saturated heterocycles. The van der Waals surface area contributed by atoms with Gasteiger partial charge in [0.05, 0.1) is 25.0 Å². The molecule has 0 amide bonds. The standard InChI is InChI=1S/C10H17NO6S/c12-10(13)9-6-11(3-5-17-9)18(14,15)7-8-2-1-4-16-8/h8-9H,1-7H2,(H,12,13). The predicted molar refractivity (Wildman–Crippen MR) is 61.7 cm³/mol. The van der Waals surface area contributed by atoms with Crippen LogP contribution in [0.25, 0.3) is 0 Å². The molecule has 2 unspecified atom stereocenters. The van der Waals surface area contributed by atoms with Crippen LogP contribution in [0.3, 0.4) is 0 Å². The van der Waals surface area contributed by atoms with Gasteiger partial charge in [0.1, 0.15) is 0 Å². The average Bonchev–Trinajstić information content (AvgIpc) is 2.81. The molecule has 2 aliphatic rings. The first kappa shape index (κ1) is 13.7. The molecule has 2 heterocycles. The molecule has 0 saturated carbocycles. The molecule has 0 aromatic carbocycles. The fourth-order valence-corrected chi connectivity index (χ4v) is 3.80. The summed E-state index contributed by atoms with van der Waals surface area (Å²) in [5, 5.41) is 8.83. The number of sulfonamides is 1. The van der Waals surface area contributed by atoms with Gasteiger partial charge in [-0.05, 0) is 12.8 Å². The van der Waals surface area contributed by atoms with Gasteiger partial charge in [-0.1, -0.05) is 0 Å². The Morgan fingerprint density at radius 3 is 2.72 bits per heavy atom. The van der Waals surface area contributed by atoms with Gasteiger partial charge in [-0.25, -0.2) is 13.2 Å². The Kier molecular flexibility index (Phi) is 4.21. The fourth-order valence-electron chi connectivity index (χ4n) is 2.14. The fraction of sp³-hybridized carbons (Fsp3) is 0.900. The number of carboxylic acids is 1. The molecule has 7 nitrogen and oxygen atoms in total. The third-order valence-corrected chi connectivity index (χ3v) is 5.03. The van der Waals surface area contributed by atoms with Gasteiger partial charge >= 0.3 is 5.97 Å². The Morgan fingerprint density at radius 1 is 1.33 bits per heavy atom. The van der Waals surface area contributed by atoms with Crippen LogP contribution in [0.5, 0.6) is 0 Å². The Labute approximate surface area is 106 Å². The number of ether oxygens (including phenoxy) is 2. The lowest BCUT2D eigenvalue weighted by Crippen LogP contribution is -2.50. The van der Waals surface area contributed by atoms with Gasteiger partial charge in [0.2, 0.25) is 10.0 Å². The normalized spacial score (nSPS) is 30.4. The minimum absolute atomic E-state index is 0.0701. The van der Waals surface area contributed by atoms with E-state index < -0.39 is 22.1 Å². The highest BCUT2D eigenvalue weighted by Crippen LogP contribution is 2.18. The summed E-state index contributed by atoms with van der Waals surface area (Å²) in [5.41, 5.74) is 0. The van der Waals surface area contributed by atoms with Gasteiger partial charge in [0.15, 0.2) is 6.10 Å². The van der Waals surface area contributed by atoms with E-state index in [9.17, 15) is 13.2 Å². The average molecular weight is 279 g/mol. The number of carboxylic acid groups (broad SMARTS) is 1. The summed E-state index contributed by atoms with van der Waals surface area (Å²) >= 11 is 0. The first-order valence-electron chi connectivity index (χ1n) is 5.93. The molecular weight excluding hydrogens is 262 g/mol. The number of morpholine rings is 1. The monoisotopic (exact) mass is 279 g/mol. The van der Waals surface area contributed by atoms with Crippen LogP contribution in [0.15, 0.2) is 0 Å². The van der Waals surface area contributed by atoms with E-state index in [0.717, 1.165) is 12.8 Å². The van der Waals surface area contributed by atoms with Crippen LogP contribution in [0.2, 0.25) is 0 Å². The number of carbonyl (C=O) groups is 1. The lowest BCUT2D eigenvalue weighted by Gasteiger charge is -2.30. The largest absolute Gasteiger partial charge is 0.479 e. The van der Waals surface area contributed by atoms with Gasteiger partial charge in [-0.3, -0.25) is 0 Å². The van der Waals surface area contributed by atoms with Gasteiger partial charge < -0.3 is 14.6 Å². The Hall–Kier alpha value is -0.700. The summed E-state index contributed by atoms with van der Waals surface area (Å²) in [5.74, 6) is -1.20. The molecule has 1 N–H and O–H groups in total. The molecule has 2 rings (SSSR count). The molecule has 0 radical (unpaired) electrons. The predicted octanol–water partition coefficient (Wildman–Crippen LogP) is -0.719. The highest BCUT2D eigenvalue weighted by atomic mass is 32.2. The van der Waals surface area contributed by atoms with Gasteiger partial charge in [-0.2, -0.15) is 4.31 Å². The highest BCUT2D eigenvalue weighted by molar-refractivity contribution is 7.89. The van der Waals surface area contributed by atoms with Crippen molar-refractivity contribution in [1.82, 2.24) is 4.31 Å². The van der Waals surface area contributed by atoms with Crippen molar-refractivity contribution >= 4 is 16.0 Å². The minimum Gasteiger partial charge on any atom is -0.479 e. The van der Waals surface area contributed by atoms with Crippen LogP contribution >= 0.6 is 0 Å². The number of hydrogen-bond donors (Lipinski definition) is 1. The van der Waals surface area contributed by atoms with Gasteiger partial charge in [0, 0.05) is 13.2 Å². The second-order valence-electron chi connectivity index (χ2n) is 4.47. The number of rotatable bonds is 4. The van der Waals surface area contributed by atoms with Crippen LogP contribution in [-0.4, -0.2) is 68.1 Å². The molecule has 18 heavy (non-hydrogen) atoms. The van der Waals surface area contributed by atoms with E-state index in [0.29, 0.717) is 6.61 Å². The maximum Gasteiger partial charge on any atom is 0.334 e. The van der Waals surface area contributed by atoms with Crippen molar-refractivity contribution in [1.29, 1.82) is 0 Å². The van der Waals surface area contributed by atoms with Crippen molar-refractivity contribution in [3.8, 4) is 0 Å². The summed E-state index contributed by atoms with van der Waals surface area (Å²) in [6.07, 6.45) is 0.284. The first-order chi connectivity index (χ1) is 8.49. The van der Waals surface area contributed by atoms with Crippen LogP contribution in [0.1, 0.15) is 12.8 Å². The topological polar surface area (TPSA) is 93.1 Å². The van der Waals surface area contributed by atoms with Crippen molar-refractivity contribution in [2.75, 3.05) is 32.1 Å². The molecule has 2 fully saturated rings. The van der Waals surface area contributed by atoms with Gasteiger partial charge in [-0.15, -0.1) is 0 Å². The molecule has 0 bridgehead atoms. The highest BCUT2D eigenvalue weighted by Gasteiger charge is 2.35. The van der Waals surface area contributed by atoms with Crippen molar-refractivity contribution in [2.24, 2.45) is 0 Å². The second-order valence-corrected chi connectivity index (χ2v) is 6.48. The lowest BCUT2D eigenvalue weighted by molar-refractivity contribution is -0.153. The third kappa shape index (κ3) is 3.19. The zero-order valence-corrected chi connectivity index (χ0v) is 10.8. The Bertz CT molecular complexity index is 403. The SMILES string of the molecule is O=C(O)C1CN(S(=O)(=O)CC2CCCO2)CCO1. The first-order valence-corrected chi connectivity index (χ1v) is 7.54. The summed E-state index contributed by atoms with van der Waals surface area (Å²) in [4.78, 5) is 10.8. The van der Waals surface area contributed by atoms with Crippen LogP contribution < -0.4 is 0 Å². The van der Waals surface area contributed by atoms with E-state index in [1.165, 1.54) is 4.31 Å². The molecule has 8 heteroatoms. The molecule has 104 valence electrons. The van der Waals surface area contributed by atoms with Crippen molar-refractivity contribution < 1.29 is 27.8 Å². The summed E-state index contributed by atoms with van der Waals surface area (Å²) in [6.45, 7) is 0.798. The summed E-state index contributed by atoms with van der Waals surface area (Å²) < 4.78 is 35.7. The Morgan fingerprint density at radius 2 is 2.11 bits per heavy atom. The van der Waals surface area contributed by atoms with Crippen LogP contribution in [0.4, 0.5) is 0 Å². The number of nitrogens with zero attached hydrogens (tertiary/aromatic N) is 1. The smallest absolute Gasteiger partial charge is 0.334 e. The second kappa shape index (κ2) is 5.52. The number of aliphatic carboxylic acids is 1. The van der Waals surface area contributed by atoms with Crippen molar-refractivity contribution in [2.45, 2.75) is 25.0 Å². The maximum absolute atomic E-state index is 12.1. The van der Waals surface area contributed by atoms with Gasteiger partial charge in [0.25, 0.3) is 0 Å². The molecule has 2 atom stereocenters. The van der Waals surface area contributed by atoms with E-state index in [1.54, 1.807) is 0 Å². The Balaban J connectivity index is 1.97. The third-order valence-electron chi connectivity index (χ3n) is 3.12.